The fourth-order valence-corrected chi connectivity index (χ4v) is 2.98. The normalized spacial score (nSPS) is 13.8. The lowest BCUT2D eigenvalue weighted by Gasteiger charge is -2.19. The molecule has 1 aliphatic rings. The first-order valence-corrected chi connectivity index (χ1v) is 8.26. The maximum atomic E-state index is 12.7. The first-order valence-electron chi connectivity index (χ1n) is 8.26. The lowest BCUT2D eigenvalue weighted by molar-refractivity contribution is -0.117. The molecule has 1 N–H and O–H groups in total. The van der Waals surface area contributed by atoms with Gasteiger partial charge in [0.05, 0.1) is 16.9 Å². The molecule has 3 aromatic rings. The van der Waals surface area contributed by atoms with Crippen LogP contribution in [0.25, 0.3) is 5.69 Å². The summed E-state index contributed by atoms with van der Waals surface area (Å²) in [7, 11) is 0. The number of hydrogen-bond acceptors (Lipinski definition) is 5. The molecule has 1 aromatic heterocycles. The van der Waals surface area contributed by atoms with Crippen LogP contribution in [0, 0.1) is 0 Å². The second-order valence-electron chi connectivity index (χ2n) is 5.92. The lowest BCUT2D eigenvalue weighted by Crippen LogP contribution is -2.27. The number of hydrogen-bond donors (Lipinski definition) is 1. The fraction of sp³-hybridized carbons (Fsp3) is 0.167. The van der Waals surface area contributed by atoms with E-state index >= 15 is 0 Å². The monoisotopic (exact) mass is 348 g/mol. The molecular formula is C18H16N6O2. The number of nitrogens with one attached hydrogen (secondary N) is 1. The number of carbonyl (C=O) groups is 2. The molecule has 0 radical (unpaired) electrons. The van der Waals surface area contributed by atoms with Crippen molar-refractivity contribution >= 4 is 23.2 Å². The molecule has 2 aromatic carbocycles. The van der Waals surface area contributed by atoms with Crippen LogP contribution >= 0.6 is 0 Å². The Labute approximate surface area is 149 Å². The van der Waals surface area contributed by atoms with Gasteiger partial charge in [-0.15, -0.1) is 5.10 Å². The SMILES string of the molecule is O=C(Nc1ccc(-n2cnnn2)cc1)c1ccccc1N1CCCC1=O. The third-order valence-corrected chi connectivity index (χ3v) is 4.25. The predicted octanol–water partition coefficient (Wildman–Crippen LogP) is 2.04. The number of amides is 2. The van der Waals surface area contributed by atoms with Gasteiger partial charge >= 0.3 is 0 Å². The van der Waals surface area contributed by atoms with Gasteiger partial charge in [-0.1, -0.05) is 12.1 Å². The van der Waals surface area contributed by atoms with E-state index in [-0.39, 0.29) is 11.8 Å². The van der Waals surface area contributed by atoms with Gasteiger partial charge in [-0.05, 0) is 53.2 Å². The second kappa shape index (κ2) is 6.75. The summed E-state index contributed by atoms with van der Waals surface area (Å²) in [6.07, 6.45) is 2.83. The van der Waals surface area contributed by atoms with E-state index in [9.17, 15) is 9.59 Å². The van der Waals surface area contributed by atoms with E-state index in [0.717, 1.165) is 12.1 Å². The molecule has 1 saturated heterocycles. The van der Waals surface area contributed by atoms with Crippen LogP contribution in [0.2, 0.25) is 0 Å². The zero-order chi connectivity index (χ0) is 17.9. The van der Waals surface area contributed by atoms with Crippen molar-refractivity contribution in [3.63, 3.8) is 0 Å². The Morgan fingerprint density at radius 2 is 1.88 bits per heavy atom. The summed E-state index contributed by atoms with van der Waals surface area (Å²) in [6.45, 7) is 0.643. The summed E-state index contributed by atoms with van der Waals surface area (Å²) in [4.78, 5) is 26.4. The second-order valence-corrected chi connectivity index (χ2v) is 5.92. The Morgan fingerprint density at radius 1 is 1.08 bits per heavy atom. The third-order valence-electron chi connectivity index (χ3n) is 4.25. The van der Waals surface area contributed by atoms with Crippen LogP contribution in [0.3, 0.4) is 0 Å². The molecule has 8 nitrogen and oxygen atoms in total. The molecule has 26 heavy (non-hydrogen) atoms. The number of nitrogens with zero attached hydrogens (tertiary/aromatic N) is 5. The molecule has 2 amide bonds. The largest absolute Gasteiger partial charge is 0.322 e. The van der Waals surface area contributed by atoms with Crippen LogP contribution in [0.15, 0.2) is 54.9 Å². The topological polar surface area (TPSA) is 93.0 Å². The highest BCUT2D eigenvalue weighted by Crippen LogP contribution is 2.26. The third kappa shape index (κ3) is 3.04. The molecule has 0 aliphatic carbocycles. The number of anilines is 2. The first-order chi connectivity index (χ1) is 12.7. The molecule has 1 aliphatic heterocycles. The minimum atomic E-state index is -0.254. The van der Waals surface area contributed by atoms with Crippen LogP contribution in [-0.2, 0) is 4.79 Å². The van der Waals surface area contributed by atoms with E-state index in [1.165, 1.54) is 11.0 Å². The van der Waals surface area contributed by atoms with Crippen LogP contribution in [0.4, 0.5) is 11.4 Å². The van der Waals surface area contributed by atoms with Gasteiger partial charge in [0.25, 0.3) is 5.91 Å². The van der Waals surface area contributed by atoms with Crippen molar-refractivity contribution in [1.82, 2.24) is 20.2 Å². The average Bonchev–Trinajstić information content (AvgIpc) is 3.34. The number of para-hydroxylation sites is 1. The first kappa shape index (κ1) is 15.9. The minimum absolute atomic E-state index is 0.0519. The molecule has 0 unspecified atom stereocenters. The Bertz CT molecular complexity index is 937. The van der Waals surface area contributed by atoms with Gasteiger partial charge in [0.2, 0.25) is 5.91 Å². The molecule has 8 heteroatoms. The smallest absolute Gasteiger partial charge is 0.257 e. The van der Waals surface area contributed by atoms with Crippen molar-refractivity contribution < 1.29 is 9.59 Å². The Balaban J connectivity index is 1.54. The van der Waals surface area contributed by atoms with Crippen molar-refractivity contribution in [2.75, 3.05) is 16.8 Å². The van der Waals surface area contributed by atoms with E-state index in [4.69, 9.17) is 0 Å². The van der Waals surface area contributed by atoms with Crippen LogP contribution in [0.5, 0.6) is 0 Å². The van der Waals surface area contributed by atoms with E-state index in [1.807, 2.05) is 18.2 Å². The van der Waals surface area contributed by atoms with Crippen molar-refractivity contribution in [3.05, 3.63) is 60.4 Å². The van der Waals surface area contributed by atoms with E-state index in [0.29, 0.717) is 29.9 Å². The van der Waals surface area contributed by atoms with E-state index in [1.54, 1.807) is 35.2 Å². The standard InChI is InChI=1S/C18H16N6O2/c25-17-6-3-11-23(17)16-5-2-1-4-15(16)18(26)20-13-7-9-14(10-8-13)24-12-19-21-22-24/h1-2,4-5,7-10,12H,3,6,11H2,(H,20,26). The maximum absolute atomic E-state index is 12.7. The highest BCUT2D eigenvalue weighted by atomic mass is 16.2. The number of benzene rings is 2. The molecule has 4 rings (SSSR count). The quantitative estimate of drug-likeness (QED) is 0.779. The Kier molecular flexibility index (Phi) is 4.14. The zero-order valence-corrected chi connectivity index (χ0v) is 13.9. The Hall–Kier alpha value is -3.55. The summed E-state index contributed by atoms with van der Waals surface area (Å²) in [5.41, 5.74) is 2.57. The molecular weight excluding hydrogens is 332 g/mol. The summed E-state index contributed by atoms with van der Waals surface area (Å²) in [5.74, 6) is -0.202. The molecule has 0 spiro atoms. The summed E-state index contributed by atoms with van der Waals surface area (Å²) < 4.78 is 1.53. The Morgan fingerprint density at radius 3 is 2.58 bits per heavy atom. The summed E-state index contributed by atoms with van der Waals surface area (Å²) in [6, 6.07) is 14.3. The van der Waals surface area contributed by atoms with Gasteiger partial charge < -0.3 is 10.2 Å². The number of aromatic nitrogens is 4. The molecule has 0 bridgehead atoms. The molecule has 1 fully saturated rings. The van der Waals surface area contributed by atoms with Crippen LogP contribution < -0.4 is 10.2 Å². The van der Waals surface area contributed by atoms with Crippen molar-refractivity contribution in [2.24, 2.45) is 0 Å². The molecule has 130 valence electrons. The van der Waals surface area contributed by atoms with E-state index in [2.05, 4.69) is 20.8 Å². The highest BCUT2D eigenvalue weighted by Gasteiger charge is 2.25. The van der Waals surface area contributed by atoms with Crippen molar-refractivity contribution in [3.8, 4) is 5.69 Å². The molecule has 2 heterocycles. The highest BCUT2D eigenvalue weighted by molar-refractivity contribution is 6.11. The van der Waals surface area contributed by atoms with Gasteiger partial charge in [-0.2, -0.15) is 0 Å². The number of rotatable bonds is 4. The van der Waals surface area contributed by atoms with Gasteiger partial charge in [0, 0.05) is 18.7 Å². The summed E-state index contributed by atoms with van der Waals surface area (Å²) in [5, 5.41) is 13.9. The minimum Gasteiger partial charge on any atom is -0.322 e. The maximum Gasteiger partial charge on any atom is 0.257 e. The lowest BCUT2D eigenvalue weighted by atomic mass is 10.1. The van der Waals surface area contributed by atoms with Gasteiger partial charge in [0.1, 0.15) is 6.33 Å². The molecule has 0 saturated carbocycles. The number of carbonyl (C=O) groups excluding carboxylic acids is 2. The molecule has 0 atom stereocenters. The fourth-order valence-electron chi connectivity index (χ4n) is 2.98. The number of tetrazole rings is 1. The predicted molar refractivity (Wildman–Crippen MR) is 95.1 cm³/mol. The van der Waals surface area contributed by atoms with E-state index < -0.39 is 0 Å². The van der Waals surface area contributed by atoms with Gasteiger partial charge in [-0.25, -0.2) is 4.68 Å². The van der Waals surface area contributed by atoms with Crippen molar-refractivity contribution in [2.45, 2.75) is 12.8 Å². The van der Waals surface area contributed by atoms with Crippen LogP contribution in [0.1, 0.15) is 23.2 Å². The average molecular weight is 348 g/mol. The van der Waals surface area contributed by atoms with Crippen LogP contribution in [-0.4, -0.2) is 38.6 Å². The van der Waals surface area contributed by atoms with Crippen molar-refractivity contribution in [1.29, 1.82) is 0 Å². The van der Waals surface area contributed by atoms with Gasteiger partial charge in [0.15, 0.2) is 0 Å². The van der Waals surface area contributed by atoms with Gasteiger partial charge in [-0.3, -0.25) is 9.59 Å². The summed E-state index contributed by atoms with van der Waals surface area (Å²) >= 11 is 0. The zero-order valence-electron chi connectivity index (χ0n) is 13.9.